The Morgan fingerprint density at radius 3 is 2.67 bits per heavy atom. The number of aromatic nitrogens is 3. The SMILES string of the molecule is COCCc1c(C(=O)OC)nnn1CC1(O)CCCCC1. The van der Waals surface area contributed by atoms with Gasteiger partial charge < -0.3 is 14.6 Å². The van der Waals surface area contributed by atoms with Gasteiger partial charge in [-0.25, -0.2) is 9.48 Å². The van der Waals surface area contributed by atoms with Gasteiger partial charge in [-0.15, -0.1) is 5.10 Å². The molecule has 0 amide bonds. The molecule has 1 saturated carbocycles. The van der Waals surface area contributed by atoms with Gasteiger partial charge in [-0.05, 0) is 12.8 Å². The third-order valence-corrected chi connectivity index (χ3v) is 3.99. The van der Waals surface area contributed by atoms with Crippen LogP contribution in [0.2, 0.25) is 0 Å². The maximum absolute atomic E-state index is 11.7. The Morgan fingerprint density at radius 2 is 2.05 bits per heavy atom. The molecule has 21 heavy (non-hydrogen) atoms. The summed E-state index contributed by atoms with van der Waals surface area (Å²) in [5, 5.41) is 18.6. The Hall–Kier alpha value is -1.47. The standard InChI is InChI=1S/C14H23N3O4/c1-20-9-6-11-12(13(18)21-2)15-16-17(11)10-14(19)7-4-3-5-8-14/h19H,3-10H2,1-2H3. The normalized spacial score (nSPS) is 17.7. The molecule has 1 aromatic rings. The van der Waals surface area contributed by atoms with Crippen LogP contribution in [0.5, 0.6) is 0 Å². The number of carbonyl (C=O) groups is 1. The molecule has 0 aliphatic heterocycles. The highest BCUT2D eigenvalue weighted by Gasteiger charge is 2.32. The number of rotatable bonds is 6. The predicted molar refractivity (Wildman–Crippen MR) is 75.0 cm³/mol. The van der Waals surface area contributed by atoms with E-state index < -0.39 is 11.6 Å². The minimum atomic E-state index is -0.763. The van der Waals surface area contributed by atoms with Crippen LogP contribution in [0, 0.1) is 0 Å². The molecular weight excluding hydrogens is 274 g/mol. The lowest BCUT2D eigenvalue weighted by Crippen LogP contribution is -2.37. The maximum Gasteiger partial charge on any atom is 0.360 e. The average molecular weight is 297 g/mol. The fourth-order valence-electron chi connectivity index (χ4n) is 2.81. The molecule has 2 rings (SSSR count). The van der Waals surface area contributed by atoms with Crippen LogP contribution >= 0.6 is 0 Å². The zero-order valence-corrected chi connectivity index (χ0v) is 12.7. The molecule has 7 nitrogen and oxygen atoms in total. The fourth-order valence-corrected chi connectivity index (χ4v) is 2.81. The lowest BCUT2D eigenvalue weighted by atomic mass is 9.85. The van der Waals surface area contributed by atoms with E-state index >= 15 is 0 Å². The van der Waals surface area contributed by atoms with Crippen molar-refractivity contribution in [2.75, 3.05) is 20.8 Å². The van der Waals surface area contributed by atoms with E-state index in [2.05, 4.69) is 10.3 Å². The van der Waals surface area contributed by atoms with Crippen LogP contribution < -0.4 is 0 Å². The van der Waals surface area contributed by atoms with Gasteiger partial charge in [0.15, 0.2) is 5.69 Å². The van der Waals surface area contributed by atoms with Gasteiger partial charge in [0.05, 0.1) is 31.6 Å². The van der Waals surface area contributed by atoms with E-state index in [0.29, 0.717) is 25.3 Å². The Kier molecular flexibility index (Phi) is 5.30. The third kappa shape index (κ3) is 3.79. The highest BCUT2D eigenvalue weighted by Crippen LogP contribution is 2.29. The fraction of sp³-hybridized carbons (Fsp3) is 0.786. The van der Waals surface area contributed by atoms with Crippen molar-refractivity contribution in [2.45, 2.75) is 50.7 Å². The summed E-state index contributed by atoms with van der Waals surface area (Å²) in [7, 11) is 2.91. The van der Waals surface area contributed by atoms with Crippen LogP contribution in [0.1, 0.15) is 48.3 Å². The van der Waals surface area contributed by atoms with Crippen LogP contribution in [0.25, 0.3) is 0 Å². The summed E-state index contributed by atoms with van der Waals surface area (Å²) >= 11 is 0. The number of methoxy groups -OCH3 is 2. The molecule has 1 heterocycles. The predicted octanol–water partition coefficient (Wildman–Crippen LogP) is 0.949. The number of aliphatic hydroxyl groups is 1. The molecule has 1 aliphatic carbocycles. The zero-order valence-electron chi connectivity index (χ0n) is 12.7. The lowest BCUT2D eigenvalue weighted by molar-refractivity contribution is -0.0155. The van der Waals surface area contributed by atoms with Crippen molar-refractivity contribution in [3.05, 3.63) is 11.4 Å². The van der Waals surface area contributed by atoms with Gasteiger partial charge in [0.1, 0.15) is 0 Å². The minimum absolute atomic E-state index is 0.203. The van der Waals surface area contributed by atoms with E-state index in [-0.39, 0.29) is 5.69 Å². The van der Waals surface area contributed by atoms with E-state index in [0.717, 1.165) is 32.1 Å². The smallest absolute Gasteiger partial charge is 0.360 e. The summed E-state index contributed by atoms with van der Waals surface area (Å²) in [6.07, 6.45) is 5.20. The van der Waals surface area contributed by atoms with Crippen LogP contribution in [-0.2, 0) is 22.4 Å². The molecule has 1 N–H and O–H groups in total. The number of hydrogen-bond acceptors (Lipinski definition) is 6. The molecule has 7 heteroatoms. The average Bonchev–Trinajstić information content (AvgIpc) is 2.87. The first kappa shape index (κ1) is 15.9. The summed E-state index contributed by atoms with van der Waals surface area (Å²) in [5.41, 5.74) is 0.0953. The van der Waals surface area contributed by atoms with Crippen molar-refractivity contribution >= 4 is 5.97 Å². The number of esters is 1. The van der Waals surface area contributed by atoms with E-state index in [1.54, 1.807) is 11.8 Å². The molecule has 0 radical (unpaired) electrons. The first-order valence-corrected chi connectivity index (χ1v) is 7.31. The quantitative estimate of drug-likeness (QED) is 0.787. The van der Waals surface area contributed by atoms with Crippen LogP contribution in [-0.4, -0.2) is 52.5 Å². The van der Waals surface area contributed by atoms with Gasteiger partial charge in [-0.3, -0.25) is 0 Å². The van der Waals surface area contributed by atoms with Gasteiger partial charge in [-0.1, -0.05) is 24.5 Å². The van der Waals surface area contributed by atoms with Crippen molar-refractivity contribution in [2.24, 2.45) is 0 Å². The Morgan fingerprint density at radius 1 is 1.33 bits per heavy atom. The number of hydrogen-bond donors (Lipinski definition) is 1. The summed E-state index contributed by atoms with van der Waals surface area (Å²) in [6.45, 7) is 0.811. The van der Waals surface area contributed by atoms with E-state index in [1.165, 1.54) is 7.11 Å². The van der Waals surface area contributed by atoms with Gasteiger partial charge >= 0.3 is 5.97 Å². The minimum Gasteiger partial charge on any atom is -0.464 e. The molecule has 0 bridgehead atoms. The third-order valence-electron chi connectivity index (χ3n) is 3.99. The molecule has 118 valence electrons. The molecule has 0 saturated heterocycles. The Labute approximate surface area is 124 Å². The lowest BCUT2D eigenvalue weighted by Gasteiger charge is -2.32. The highest BCUT2D eigenvalue weighted by atomic mass is 16.5. The molecule has 1 fully saturated rings. The van der Waals surface area contributed by atoms with E-state index in [1.807, 2.05) is 0 Å². The molecule has 0 spiro atoms. The number of carbonyl (C=O) groups excluding carboxylic acids is 1. The van der Waals surface area contributed by atoms with E-state index in [9.17, 15) is 9.90 Å². The largest absolute Gasteiger partial charge is 0.464 e. The molecular formula is C14H23N3O4. The molecule has 0 aromatic carbocycles. The molecule has 1 aromatic heterocycles. The van der Waals surface area contributed by atoms with Gasteiger partial charge in [0.25, 0.3) is 0 Å². The van der Waals surface area contributed by atoms with Crippen LogP contribution in [0.3, 0.4) is 0 Å². The van der Waals surface area contributed by atoms with Gasteiger partial charge in [-0.2, -0.15) is 0 Å². The zero-order chi connectivity index (χ0) is 15.3. The maximum atomic E-state index is 11.7. The topological polar surface area (TPSA) is 86.5 Å². The first-order chi connectivity index (χ1) is 10.1. The Balaban J connectivity index is 2.21. The summed E-state index contributed by atoms with van der Waals surface area (Å²) in [6, 6.07) is 0. The second-order valence-electron chi connectivity index (χ2n) is 5.56. The van der Waals surface area contributed by atoms with Crippen LogP contribution in [0.15, 0.2) is 0 Å². The second-order valence-corrected chi connectivity index (χ2v) is 5.56. The van der Waals surface area contributed by atoms with Gasteiger partial charge in [0.2, 0.25) is 0 Å². The molecule has 1 aliphatic rings. The van der Waals surface area contributed by atoms with E-state index in [4.69, 9.17) is 9.47 Å². The second kappa shape index (κ2) is 7.00. The number of nitrogens with zero attached hydrogens (tertiary/aromatic N) is 3. The van der Waals surface area contributed by atoms with Crippen molar-refractivity contribution in [3.63, 3.8) is 0 Å². The Bertz CT molecular complexity index is 481. The highest BCUT2D eigenvalue weighted by molar-refractivity contribution is 5.88. The summed E-state index contributed by atoms with van der Waals surface area (Å²) in [4.78, 5) is 11.7. The van der Waals surface area contributed by atoms with Gasteiger partial charge in [0, 0.05) is 13.5 Å². The number of ether oxygens (including phenoxy) is 2. The van der Waals surface area contributed by atoms with Crippen molar-refractivity contribution in [1.82, 2.24) is 15.0 Å². The van der Waals surface area contributed by atoms with Crippen molar-refractivity contribution in [3.8, 4) is 0 Å². The molecule has 0 unspecified atom stereocenters. The summed E-state index contributed by atoms with van der Waals surface area (Å²) < 4.78 is 11.4. The van der Waals surface area contributed by atoms with Crippen molar-refractivity contribution < 1.29 is 19.4 Å². The van der Waals surface area contributed by atoms with Crippen LogP contribution in [0.4, 0.5) is 0 Å². The van der Waals surface area contributed by atoms with Crippen molar-refractivity contribution in [1.29, 1.82) is 0 Å². The monoisotopic (exact) mass is 297 g/mol. The first-order valence-electron chi connectivity index (χ1n) is 7.31. The molecule has 0 atom stereocenters. The summed E-state index contributed by atoms with van der Waals surface area (Å²) in [5.74, 6) is -0.511.